The Hall–Kier alpha value is -2.57. The number of hydrogen-bond acceptors (Lipinski definition) is 9. The minimum absolute atomic E-state index is 0.0138. The van der Waals surface area contributed by atoms with Gasteiger partial charge in [0.25, 0.3) is 0 Å². The number of halogens is 2. The maximum absolute atomic E-state index is 14.0. The lowest BCUT2D eigenvalue weighted by molar-refractivity contribution is 0.0321. The van der Waals surface area contributed by atoms with E-state index in [1.807, 2.05) is 0 Å². The highest BCUT2D eigenvalue weighted by atomic mass is 35.5. The molecule has 1 aliphatic heterocycles. The summed E-state index contributed by atoms with van der Waals surface area (Å²) in [5.74, 6) is -2.05. The Kier molecular flexibility index (Phi) is 4.85. The van der Waals surface area contributed by atoms with Gasteiger partial charge in [-0.1, -0.05) is 11.6 Å². The molecule has 2 N–H and O–H groups in total. The maximum Gasteiger partial charge on any atom is 0.471 e. The Balaban J connectivity index is 1.88. The van der Waals surface area contributed by atoms with E-state index in [4.69, 9.17) is 37.5 Å². The highest BCUT2D eigenvalue weighted by Gasteiger charge is 2.23. The van der Waals surface area contributed by atoms with Crippen LogP contribution < -0.4 is 14.4 Å². The van der Waals surface area contributed by atoms with Crippen LogP contribution >= 0.6 is 19.4 Å². The number of benzene rings is 2. The van der Waals surface area contributed by atoms with Gasteiger partial charge in [0.1, 0.15) is 31.3 Å². The van der Waals surface area contributed by atoms with Gasteiger partial charge in [-0.2, -0.15) is 0 Å². The fourth-order valence-electron chi connectivity index (χ4n) is 2.92. The van der Waals surface area contributed by atoms with Gasteiger partial charge in [-0.15, -0.1) is 0 Å². The number of nitrogens with zero attached hydrogens (tertiary/aromatic N) is 4. The minimum Gasteiger partial charge on any atom is -0.493 e. The summed E-state index contributed by atoms with van der Waals surface area (Å²) < 4.78 is 143. The number of rotatable bonds is 10. The van der Waals surface area contributed by atoms with Crippen LogP contribution in [0.4, 0.5) is 15.9 Å². The van der Waals surface area contributed by atoms with E-state index in [2.05, 4.69) is 19.2 Å². The molecule has 1 fully saturated rings. The summed E-state index contributed by atoms with van der Waals surface area (Å²) in [4.78, 5) is 27.3. The van der Waals surface area contributed by atoms with Gasteiger partial charge >= 0.3 is 7.82 Å². The molecule has 0 bridgehead atoms. The largest absolute Gasteiger partial charge is 0.493 e. The van der Waals surface area contributed by atoms with Crippen molar-refractivity contribution in [2.24, 2.45) is 0 Å². The number of methoxy groups -OCH3 is 1. The summed E-state index contributed by atoms with van der Waals surface area (Å²) in [6.07, 6.45) is 1.01. The molecule has 2 aromatic carbocycles. The normalized spacial score (nSPS) is 26.0. The first kappa shape index (κ1) is 15.0. The van der Waals surface area contributed by atoms with E-state index in [9.17, 15) is 18.7 Å². The van der Waals surface area contributed by atoms with Crippen LogP contribution in [-0.2, 0) is 13.8 Å². The van der Waals surface area contributed by atoms with Crippen LogP contribution in [0.3, 0.4) is 0 Å². The van der Waals surface area contributed by atoms with Crippen molar-refractivity contribution in [3.05, 3.63) is 47.5 Å². The molecule has 0 aliphatic carbocycles. The lowest BCUT2D eigenvalue weighted by atomic mass is 10.2. The third-order valence-corrected chi connectivity index (χ3v) is 5.20. The van der Waals surface area contributed by atoms with Gasteiger partial charge in [-0.05, 0) is 24.3 Å². The summed E-state index contributed by atoms with van der Waals surface area (Å²) >= 11 is 5.92. The molecular formula is C22H25ClFN4O7P. The number of fused-ring (bicyclic) bond motifs is 1. The number of anilines is 2. The second-order valence-electron chi connectivity index (χ2n) is 6.67. The standard InChI is InChI=1S/C22H25ClFN4O7P/c1-32-20-12-19-16(11-21(20)34-9-6-27-4-7-33-8-5-27)22(26-13-25-19)28(14-35-36(29,30)31)15-2-3-18(24)17(23)10-15/h2-3,10-13H,4-9,14H2,1H3,(H2,29,30,31)/i4D2,5D2,6D2,7D2,8D2,9D2. The van der Waals surface area contributed by atoms with Crippen molar-refractivity contribution in [3.63, 3.8) is 0 Å². The molecule has 14 heteroatoms. The van der Waals surface area contributed by atoms with Crippen molar-refractivity contribution in [2.75, 3.05) is 57.9 Å². The molecule has 1 aromatic heterocycles. The molecule has 3 aromatic rings. The van der Waals surface area contributed by atoms with Gasteiger partial charge in [-0.3, -0.25) is 9.42 Å². The number of aromatic nitrogens is 2. The molecular weight excluding hydrogens is 518 g/mol. The smallest absolute Gasteiger partial charge is 0.471 e. The first-order valence-electron chi connectivity index (χ1n) is 15.7. The lowest BCUT2D eigenvalue weighted by Crippen LogP contribution is -2.38. The van der Waals surface area contributed by atoms with Gasteiger partial charge in [0.15, 0.2) is 11.5 Å². The topological polar surface area (TPSA) is 127 Å². The molecule has 11 nitrogen and oxygen atoms in total. The van der Waals surface area contributed by atoms with Crippen molar-refractivity contribution in [1.29, 1.82) is 0 Å². The van der Waals surface area contributed by atoms with Crippen molar-refractivity contribution in [3.8, 4) is 11.5 Å². The summed E-state index contributed by atoms with van der Waals surface area (Å²) in [5.41, 5.74) is 0.00419. The lowest BCUT2D eigenvalue weighted by Gasteiger charge is -2.27. The van der Waals surface area contributed by atoms with Crippen LogP contribution in [0.25, 0.3) is 10.9 Å². The van der Waals surface area contributed by atoms with E-state index < -0.39 is 75.2 Å². The van der Waals surface area contributed by atoms with Crippen molar-refractivity contribution in [1.82, 2.24) is 14.9 Å². The van der Waals surface area contributed by atoms with Gasteiger partial charge in [0, 0.05) is 44.9 Å². The van der Waals surface area contributed by atoms with E-state index >= 15 is 0 Å². The van der Waals surface area contributed by atoms with Crippen LogP contribution in [0.2, 0.25) is 5.02 Å². The Morgan fingerprint density at radius 2 is 2.06 bits per heavy atom. The fraction of sp³-hybridized carbons (Fsp3) is 0.364. The number of hydrogen-bond donors (Lipinski definition) is 2. The zero-order valence-electron chi connectivity index (χ0n) is 30.1. The molecule has 4 rings (SSSR count). The average Bonchev–Trinajstić information content (AvgIpc) is 2.92. The fourth-order valence-corrected chi connectivity index (χ4v) is 3.36. The third-order valence-electron chi connectivity index (χ3n) is 4.46. The zero-order valence-corrected chi connectivity index (χ0v) is 19.7. The number of ether oxygens (including phenoxy) is 3. The molecule has 0 saturated carbocycles. The van der Waals surface area contributed by atoms with E-state index in [-0.39, 0.29) is 28.2 Å². The summed E-state index contributed by atoms with van der Waals surface area (Å²) in [6, 6.07) is 5.30. The number of phosphoric acid groups is 1. The Bertz CT molecular complexity index is 1750. The van der Waals surface area contributed by atoms with Crippen LogP contribution in [-0.4, -0.2) is 77.7 Å². The highest BCUT2D eigenvalue weighted by molar-refractivity contribution is 7.46. The van der Waals surface area contributed by atoms with Gasteiger partial charge in [0.05, 0.1) is 39.0 Å². The molecule has 0 spiro atoms. The van der Waals surface area contributed by atoms with E-state index in [1.54, 1.807) is 0 Å². The van der Waals surface area contributed by atoms with Crippen LogP contribution in [0.1, 0.15) is 16.4 Å². The summed E-state index contributed by atoms with van der Waals surface area (Å²) in [5, 5.41) is -0.506. The molecule has 36 heavy (non-hydrogen) atoms. The molecule has 0 amide bonds. The quantitative estimate of drug-likeness (QED) is 0.283. The highest BCUT2D eigenvalue weighted by Crippen LogP contribution is 2.41. The van der Waals surface area contributed by atoms with Crippen LogP contribution in [0, 0.1) is 5.82 Å². The van der Waals surface area contributed by atoms with Crippen LogP contribution in [0.15, 0.2) is 36.7 Å². The molecule has 0 radical (unpaired) electrons. The van der Waals surface area contributed by atoms with Gasteiger partial charge in [-0.25, -0.2) is 18.9 Å². The van der Waals surface area contributed by atoms with E-state index in [0.717, 1.165) is 48.7 Å². The Labute approximate surface area is 228 Å². The summed E-state index contributed by atoms with van der Waals surface area (Å²) in [6.45, 7) is -23.9. The molecule has 1 saturated heterocycles. The van der Waals surface area contributed by atoms with Gasteiger partial charge in [0.2, 0.25) is 0 Å². The molecule has 1 aliphatic rings. The van der Waals surface area contributed by atoms with Crippen molar-refractivity contribution < 1.29 is 53.9 Å². The minimum atomic E-state index is -5.12. The summed E-state index contributed by atoms with van der Waals surface area (Å²) in [7, 11) is -4.02. The second-order valence-corrected chi connectivity index (χ2v) is 8.32. The number of phosphoric ester groups is 1. The first-order valence-corrected chi connectivity index (χ1v) is 11.6. The third kappa shape index (κ3) is 6.60. The monoisotopic (exact) mass is 554 g/mol. The molecule has 194 valence electrons. The molecule has 0 atom stereocenters. The SMILES string of the molecule is [2H]C([2H])(Oc1cc2c(N(COP(=O)(O)O)c3ccc(F)c(Cl)c3)ncnc2cc1OC)C([2H])([2H])N1C([2H])([2H])C([2H])([2H])OC([2H])([2H])C1([2H])[2H]. The van der Waals surface area contributed by atoms with Gasteiger partial charge < -0.3 is 28.9 Å². The predicted octanol–water partition coefficient (Wildman–Crippen LogP) is 3.35. The zero-order chi connectivity index (χ0) is 36.5. The molecule has 0 unspecified atom stereocenters. The average molecular weight is 555 g/mol. The van der Waals surface area contributed by atoms with E-state index in [0.29, 0.717) is 0 Å². The van der Waals surface area contributed by atoms with Crippen molar-refractivity contribution in [2.45, 2.75) is 0 Å². The van der Waals surface area contributed by atoms with E-state index in [1.165, 1.54) is 0 Å². The maximum atomic E-state index is 14.0. The number of morpholine rings is 1. The Morgan fingerprint density at radius 1 is 1.28 bits per heavy atom. The van der Waals surface area contributed by atoms with Crippen molar-refractivity contribution >= 4 is 41.8 Å². The molecule has 2 heterocycles. The van der Waals surface area contributed by atoms with Crippen LogP contribution in [0.5, 0.6) is 11.5 Å². The second kappa shape index (κ2) is 11.7. The first-order chi connectivity index (χ1) is 21.7. The Morgan fingerprint density at radius 3 is 2.75 bits per heavy atom. The predicted molar refractivity (Wildman–Crippen MR) is 130 cm³/mol.